The van der Waals surface area contributed by atoms with Crippen molar-refractivity contribution in [2.75, 3.05) is 0 Å². The number of hydrogen-bond donors (Lipinski definition) is 1. The number of ether oxygens (including phenoxy) is 1. The van der Waals surface area contributed by atoms with Crippen molar-refractivity contribution < 1.29 is 139 Å². The van der Waals surface area contributed by atoms with Gasteiger partial charge >= 0.3 is 103 Å². The van der Waals surface area contributed by atoms with Crippen LogP contribution in [0.2, 0.25) is 0 Å². The number of rotatable bonds is 8. The van der Waals surface area contributed by atoms with Gasteiger partial charge in [-0.15, -0.1) is 0 Å². The zero-order chi connectivity index (χ0) is 19.4. The van der Waals surface area contributed by atoms with Crippen molar-refractivity contribution in [3.63, 3.8) is 0 Å². The van der Waals surface area contributed by atoms with E-state index in [4.69, 9.17) is 9.29 Å². The monoisotopic (exact) mass is 480 g/mol. The molecule has 0 heterocycles. The second-order valence-corrected chi connectivity index (χ2v) is 9.26. The fraction of sp³-hybridized carbons (Fsp3) is 0.250. The van der Waals surface area contributed by atoms with Gasteiger partial charge in [0, 0.05) is 0 Å². The Bertz CT molecular complexity index is 903. The average molecular weight is 481 g/mol. The predicted molar refractivity (Wildman–Crippen MR) is 88.8 cm³/mol. The molecule has 0 spiro atoms. The Morgan fingerprint density at radius 2 is 1.68 bits per heavy atom. The first kappa shape index (κ1) is 29.5. The molecule has 1 atom stereocenters. The molecule has 0 aliphatic carbocycles. The molecule has 142 valence electrons. The zero-order valence-corrected chi connectivity index (χ0v) is 23.4. The molecule has 0 bridgehead atoms. The first-order valence-corrected chi connectivity index (χ1v) is 10.7. The standard InChI is InChI=1S/C16H18FO7PS.2K/c17-13-7-9-14(10-8-13)24-15-5-1-3-12(11-15)4-2-6-16(25(18,19)20)26(21,22)23;;/h1,3,5,7-11,16H,2,4,6H2,(H2,18,19,20)(H,21,22,23);;/q;2*+1/p-2. The van der Waals surface area contributed by atoms with Crippen LogP contribution in [0.15, 0.2) is 48.5 Å². The molecule has 0 aromatic heterocycles. The van der Waals surface area contributed by atoms with Gasteiger partial charge in [0.1, 0.15) is 22.3 Å². The third-order valence-electron chi connectivity index (χ3n) is 3.56. The molecule has 2 rings (SSSR count). The topological polar surface area (TPSA) is 127 Å². The maximum atomic E-state index is 12.9. The summed E-state index contributed by atoms with van der Waals surface area (Å²) in [5.74, 6) is 0.487. The smallest absolute Gasteiger partial charge is 0.810 e. The number of aryl methyl sites for hydroxylation is 1. The largest absolute Gasteiger partial charge is 1.00 e. The first-order valence-electron chi connectivity index (χ1n) is 7.56. The predicted octanol–water partition coefficient (Wildman–Crippen LogP) is -3.92. The van der Waals surface area contributed by atoms with E-state index in [0.717, 1.165) is 0 Å². The zero-order valence-electron chi connectivity index (χ0n) is 15.4. The van der Waals surface area contributed by atoms with Crippen LogP contribution in [0, 0.1) is 5.82 Å². The van der Waals surface area contributed by atoms with Gasteiger partial charge in [-0.05, 0) is 68.8 Å². The molecular formula is C16H16FK2O7PS. The Morgan fingerprint density at radius 1 is 1.07 bits per heavy atom. The van der Waals surface area contributed by atoms with Gasteiger partial charge in [-0.25, -0.2) is 4.39 Å². The molecule has 0 fully saturated rings. The van der Waals surface area contributed by atoms with Crippen molar-refractivity contribution in [3.8, 4) is 11.5 Å². The molecule has 7 nitrogen and oxygen atoms in total. The minimum atomic E-state index is -5.47. The molecule has 2 aromatic carbocycles. The van der Waals surface area contributed by atoms with E-state index in [1.807, 2.05) is 0 Å². The van der Waals surface area contributed by atoms with Crippen LogP contribution in [-0.4, -0.2) is 18.0 Å². The Hall–Kier alpha value is 1.50. The van der Waals surface area contributed by atoms with Crippen LogP contribution in [0.5, 0.6) is 11.5 Å². The Kier molecular flexibility index (Phi) is 13.8. The van der Waals surface area contributed by atoms with Crippen LogP contribution in [0.4, 0.5) is 4.39 Å². The summed E-state index contributed by atoms with van der Waals surface area (Å²) < 4.78 is 60.4. The fourth-order valence-electron chi connectivity index (χ4n) is 2.35. The van der Waals surface area contributed by atoms with Crippen LogP contribution in [-0.2, 0) is 21.1 Å². The summed E-state index contributed by atoms with van der Waals surface area (Å²) in [5.41, 5.74) is 0.713. The van der Waals surface area contributed by atoms with Crippen molar-refractivity contribution in [1.82, 2.24) is 0 Å². The van der Waals surface area contributed by atoms with Crippen LogP contribution < -0.4 is 117 Å². The van der Waals surface area contributed by atoms with Crippen molar-refractivity contribution in [3.05, 3.63) is 59.9 Å². The number of benzene rings is 2. The average Bonchev–Trinajstić information content (AvgIpc) is 2.52. The number of halogens is 1. The molecular weight excluding hydrogens is 464 g/mol. The molecule has 0 saturated carbocycles. The SMILES string of the molecule is O=P([O-])([O-])C(CCCc1cccc(Oc2ccc(F)cc2)c1)S(=O)(=O)O.[K+].[K+]. The van der Waals surface area contributed by atoms with E-state index in [0.29, 0.717) is 17.1 Å². The first-order chi connectivity index (χ1) is 12.1. The summed E-state index contributed by atoms with van der Waals surface area (Å²) in [6.45, 7) is 0. The molecule has 1 unspecified atom stereocenters. The minimum absolute atomic E-state index is 0. The molecule has 2 aromatic rings. The van der Waals surface area contributed by atoms with Gasteiger partial charge in [-0.1, -0.05) is 12.1 Å². The van der Waals surface area contributed by atoms with E-state index >= 15 is 0 Å². The maximum absolute atomic E-state index is 12.9. The van der Waals surface area contributed by atoms with E-state index in [1.165, 1.54) is 24.3 Å². The quantitative estimate of drug-likeness (QED) is 0.232. The van der Waals surface area contributed by atoms with Crippen molar-refractivity contribution in [1.29, 1.82) is 0 Å². The molecule has 0 radical (unpaired) electrons. The van der Waals surface area contributed by atoms with Gasteiger partial charge in [0.25, 0.3) is 10.1 Å². The Balaban J connectivity index is 0.00000364. The van der Waals surface area contributed by atoms with Gasteiger partial charge in [0.15, 0.2) is 0 Å². The van der Waals surface area contributed by atoms with Gasteiger partial charge in [-0.2, -0.15) is 8.42 Å². The van der Waals surface area contributed by atoms with Crippen LogP contribution in [0.3, 0.4) is 0 Å². The van der Waals surface area contributed by atoms with Gasteiger partial charge in [0.2, 0.25) is 0 Å². The third kappa shape index (κ3) is 10.2. The van der Waals surface area contributed by atoms with Crippen molar-refractivity contribution in [2.24, 2.45) is 0 Å². The van der Waals surface area contributed by atoms with Gasteiger partial charge in [0.05, 0.1) is 0 Å². The third-order valence-corrected chi connectivity index (χ3v) is 7.02. The van der Waals surface area contributed by atoms with Crippen molar-refractivity contribution in [2.45, 2.75) is 24.3 Å². The Morgan fingerprint density at radius 3 is 2.21 bits per heavy atom. The summed E-state index contributed by atoms with van der Waals surface area (Å²) in [7, 11) is -10.4. The summed E-state index contributed by atoms with van der Waals surface area (Å²) in [6, 6.07) is 12.1. The summed E-state index contributed by atoms with van der Waals surface area (Å²) >= 11 is 0. The van der Waals surface area contributed by atoms with Gasteiger partial charge in [-0.3, -0.25) is 4.55 Å². The molecule has 0 aliphatic heterocycles. The van der Waals surface area contributed by atoms with Gasteiger partial charge < -0.3 is 19.1 Å². The fourth-order valence-corrected chi connectivity index (χ4v) is 4.62. The normalized spacial score (nSPS) is 12.4. The molecule has 0 saturated heterocycles. The van der Waals surface area contributed by atoms with E-state index in [-0.39, 0.29) is 116 Å². The van der Waals surface area contributed by atoms with Crippen molar-refractivity contribution >= 4 is 17.7 Å². The molecule has 0 amide bonds. The Labute approximate surface area is 248 Å². The van der Waals surface area contributed by atoms with Crippen LogP contribution >= 0.6 is 7.60 Å². The van der Waals surface area contributed by atoms with E-state index < -0.39 is 34.9 Å². The van der Waals surface area contributed by atoms with E-state index in [9.17, 15) is 27.2 Å². The minimum Gasteiger partial charge on any atom is -0.810 e. The van der Waals surface area contributed by atoms with E-state index in [2.05, 4.69) is 0 Å². The molecule has 28 heavy (non-hydrogen) atoms. The summed E-state index contributed by atoms with van der Waals surface area (Å²) in [6.07, 6.45) is -0.183. The second kappa shape index (κ2) is 13.1. The molecule has 12 heteroatoms. The molecule has 1 N–H and O–H groups in total. The maximum Gasteiger partial charge on any atom is 1.00 e. The second-order valence-electron chi connectivity index (χ2n) is 5.61. The molecule has 0 aliphatic rings. The summed E-state index contributed by atoms with van der Waals surface area (Å²) in [4.78, 5) is 19.6. The van der Waals surface area contributed by atoms with Crippen LogP contribution in [0.1, 0.15) is 18.4 Å². The van der Waals surface area contributed by atoms with Crippen LogP contribution in [0.25, 0.3) is 0 Å². The van der Waals surface area contributed by atoms with E-state index in [1.54, 1.807) is 24.3 Å². The summed E-state index contributed by atoms with van der Waals surface area (Å²) in [5, 5.41) is 0. The number of hydrogen-bond acceptors (Lipinski definition) is 6.